The van der Waals surface area contributed by atoms with Crippen LogP contribution in [0.25, 0.3) is 0 Å². The molecule has 1 N–H and O–H groups in total. The van der Waals surface area contributed by atoms with Crippen LogP contribution in [0, 0.1) is 0 Å². The fraction of sp³-hybridized carbons (Fsp3) is 0.538. The van der Waals surface area contributed by atoms with Crippen LogP contribution in [0.15, 0.2) is 18.2 Å². The second-order valence-electron chi connectivity index (χ2n) is 4.89. The largest absolute Gasteiger partial charge is 0.485 e. The molecule has 2 aliphatic heterocycles. The molecular weight excluding hydrogens is 202 g/mol. The summed E-state index contributed by atoms with van der Waals surface area (Å²) in [5.41, 5.74) is 2.61. The first-order valence-corrected chi connectivity index (χ1v) is 5.84. The summed E-state index contributed by atoms with van der Waals surface area (Å²) >= 11 is 0. The van der Waals surface area contributed by atoms with Crippen molar-refractivity contribution in [3.8, 4) is 5.75 Å². The highest BCUT2D eigenvalue weighted by atomic mass is 16.6. The van der Waals surface area contributed by atoms with Crippen molar-refractivity contribution in [3.63, 3.8) is 0 Å². The summed E-state index contributed by atoms with van der Waals surface area (Å²) in [6, 6.07) is 6.37. The molecule has 16 heavy (non-hydrogen) atoms. The predicted octanol–water partition coefficient (Wildman–Crippen LogP) is 1.85. The second kappa shape index (κ2) is 3.75. The van der Waals surface area contributed by atoms with E-state index in [1.807, 2.05) is 0 Å². The van der Waals surface area contributed by atoms with Gasteiger partial charge in [0.2, 0.25) is 0 Å². The van der Waals surface area contributed by atoms with Gasteiger partial charge in [0.05, 0.1) is 13.2 Å². The Morgan fingerprint density at radius 2 is 2.19 bits per heavy atom. The first-order chi connectivity index (χ1) is 7.75. The van der Waals surface area contributed by atoms with Gasteiger partial charge in [-0.2, -0.15) is 0 Å². The van der Waals surface area contributed by atoms with E-state index in [0.29, 0.717) is 6.61 Å². The first kappa shape index (κ1) is 10.1. The number of hydrogen-bond acceptors (Lipinski definition) is 3. The smallest absolute Gasteiger partial charge is 0.132 e. The number of hydrogen-bond donors (Lipinski definition) is 1. The van der Waals surface area contributed by atoms with Crippen molar-refractivity contribution in [2.45, 2.75) is 32.0 Å². The van der Waals surface area contributed by atoms with Crippen LogP contribution < -0.4 is 10.1 Å². The van der Waals surface area contributed by atoms with E-state index in [-0.39, 0.29) is 5.60 Å². The molecule has 0 amide bonds. The Labute approximate surface area is 95.8 Å². The Balaban J connectivity index is 1.80. The monoisotopic (exact) mass is 219 g/mol. The zero-order valence-corrected chi connectivity index (χ0v) is 9.58. The molecule has 0 bridgehead atoms. The summed E-state index contributed by atoms with van der Waals surface area (Å²) in [6.45, 7) is 5.56. The van der Waals surface area contributed by atoms with Crippen LogP contribution in [0.5, 0.6) is 5.75 Å². The van der Waals surface area contributed by atoms with E-state index < -0.39 is 0 Å². The Kier molecular flexibility index (Phi) is 2.37. The fourth-order valence-corrected chi connectivity index (χ4v) is 2.35. The van der Waals surface area contributed by atoms with Crippen molar-refractivity contribution in [3.05, 3.63) is 29.3 Å². The number of rotatable bonds is 2. The van der Waals surface area contributed by atoms with Crippen molar-refractivity contribution in [2.75, 3.05) is 13.2 Å². The van der Waals surface area contributed by atoms with Gasteiger partial charge in [-0.05, 0) is 30.2 Å². The lowest BCUT2D eigenvalue weighted by molar-refractivity contribution is 0.0663. The third kappa shape index (κ3) is 1.81. The van der Waals surface area contributed by atoms with Crippen molar-refractivity contribution >= 4 is 0 Å². The number of benzene rings is 1. The molecule has 1 aromatic rings. The van der Waals surface area contributed by atoms with Crippen molar-refractivity contribution in [2.24, 2.45) is 0 Å². The van der Waals surface area contributed by atoms with Crippen LogP contribution in [0.1, 0.15) is 24.5 Å². The predicted molar refractivity (Wildman–Crippen MR) is 61.5 cm³/mol. The molecular formula is C13H17NO2. The minimum Gasteiger partial charge on any atom is -0.485 e. The molecule has 1 saturated heterocycles. The Hall–Kier alpha value is -1.06. The van der Waals surface area contributed by atoms with Gasteiger partial charge >= 0.3 is 0 Å². The number of nitrogens with one attached hydrogen (secondary N) is 1. The van der Waals surface area contributed by atoms with E-state index >= 15 is 0 Å². The second-order valence-corrected chi connectivity index (χ2v) is 4.89. The van der Waals surface area contributed by atoms with Gasteiger partial charge < -0.3 is 14.8 Å². The van der Waals surface area contributed by atoms with E-state index in [0.717, 1.165) is 31.9 Å². The van der Waals surface area contributed by atoms with Gasteiger partial charge in [0.1, 0.15) is 11.4 Å². The van der Waals surface area contributed by atoms with Crippen LogP contribution >= 0.6 is 0 Å². The summed E-state index contributed by atoms with van der Waals surface area (Å²) in [7, 11) is 0. The van der Waals surface area contributed by atoms with Crippen LogP contribution in [0.4, 0.5) is 0 Å². The minimum absolute atomic E-state index is 0.139. The molecule has 1 fully saturated rings. The van der Waals surface area contributed by atoms with E-state index in [2.05, 4.69) is 30.4 Å². The topological polar surface area (TPSA) is 30.5 Å². The van der Waals surface area contributed by atoms with Crippen LogP contribution in [-0.2, 0) is 17.8 Å². The van der Waals surface area contributed by atoms with Crippen molar-refractivity contribution in [1.82, 2.24) is 5.32 Å². The van der Waals surface area contributed by atoms with E-state index in [4.69, 9.17) is 9.47 Å². The SMILES string of the molecule is CC1(Oc2ccc3c(c2)CNC3)CCOC1. The van der Waals surface area contributed by atoms with Crippen molar-refractivity contribution in [1.29, 1.82) is 0 Å². The average Bonchev–Trinajstić information content (AvgIpc) is 2.86. The van der Waals surface area contributed by atoms with Gasteiger partial charge in [-0.25, -0.2) is 0 Å². The minimum atomic E-state index is -0.139. The summed E-state index contributed by atoms with van der Waals surface area (Å²) < 4.78 is 11.4. The molecule has 2 heterocycles. The maximum atomic E-state index is 6.04. The molecule has 0 saturated carbocycles. The maximum Gasteiger partial charge on any atom is 0.132 e. The molecule has 3 nitrogen and oxygen atoms in total. The molecule has 2 aliphatic rings. The summed E-state index contributed by atoms with van der Waals surface area (Å²) in [4.78, 5) is 0. The van der Waals surface area contributed by atoms with Crippen LogP contribution in [0.3, 0.4) is 0 Å². The van der Waals surface area contributed by atoms with Gasteiger partial charge in [-0.1, -0.05) is 6.07 Å². The molecule has 0 spiro atoms. The lowest BCUT2D eigenvalue weighted by atomic mass is 10.1. The molecule has 1 atom stereocenters. The van der Waals surface area contributed by atoms with Gasteiger partial charge in [0.15, 0.2) is 0 Å². The summed E-state index contributed by atoms with van der Waals surface area (Å²) in [5.74, 6) is 0.968. The van der Waals surface area contributed by atoms with Gasteiger partial charge in [0, 0.05) is 19.5 Å². The summed E-state index contributed by atoms with van der Waals surface area (Å²) in [6.07, 6.45) is 0.975. The average molecular weight is 219 g/mol. The molecule has 0 aromatic heterocycles. The maximum absolute atomic E-state index is 6.04. The lowest BCUT2D eigenvalue weighted by Crippen LogP contribution is -2.32. The highest BCUT2D eigenvalue weighted by Gasteiger charge is 2.32. The standard InChI is InChI=1S/C13H17NO2/c1-13(4-5-15-9-13)16-12-3-2-10-7-14-8-11(10)6-12/h2-3,6,14H,4-5,7-9H2,1H3. The molecule has 3 heteroatoms. The van der Waals surface area contributed by atoms with Gasteiger partial charge in [-0.3, -0.25) is 0 Å². The molecule has 86 valence electrons. The highest BCUT2D eigenvalue weighted by molar-refractivity contribution is 5.38. The quantitative estimate of drug-likeness (QED) is 0.823. The van der Waals surface area contributed by atoms with Crippen LogP contribution in [-0.4, -0.2) is 18.8 Å². The Morgan fingerprint density at radius 3 is 3.00 bits per heavy atom. The molecule has 1 aromatic carbocycles. The lowest BCUT2D eigenvalue weighted by Gasteiger charge is -2.24. The van der Waals surface area contributed by atoms with Crippen molar-refractivity contribution < 1.29 is 9.47 Å². The van der Waals surface area contributed by atoms with Crippen LogP contribution in [0.2, 0.25) is 0 Å². The number of ether oxygens (including phenoxy) is 2. The Morgan fingerprint density at radius 1 is 1.31 bits per heavy atom. The molecule has 3 rings (SSSR count). The highest BCUT2D eigenvalue weighted by Crippen LogP contribution is 2.28. The third-order valence-electron chi connectivity index (χ3n) is 3.36. The summed E-state index contributed by atoms with van der Waals surface area (Å²) in [5, 5.41) is 3.34. The van der Waals surface area contributed by atoms with Gasteiger partial charge in [-0.15, -0.1) is 0 Å². The zero-order valence-electron chi connectivity index (χ0n) is 9.58. The molecule has 0 radical (unpaired) electrons. The Bertz CT molecular complexity index is 397. The number of fused-ring (bicyclic) bond motifs is 1. The molecule has 0 aliphatic carbocycles. The van der Waals surface area contributed by atoms with Gasteiger partial charge in [0.25, 0.3) is 0 Å². The zero-order chi connectivity index (χ0) is 11.0. The van der Waals surface area contributed by atoms with E-state index in [9.17, 15) is 0 Å². The third-order valence-corrected chi connectivity index (χ3v) is 3.36. The van der Waals surface area contributed by atoms with E-state index in [1.165, 1.54) is 11.1 Å². The normalized spacial score (nSPS) is 28.1. The van der Waals surface area contributed by atoms with E-state index in [1.54, 1.807) is 0 Å². The first-order valence-electron chi connectivity index (χ1n) is 5.84. The molecule has 1 unspecified atom stereocenters. The fourth-order valence-electron chi connectivity index (χ4n) is 2.35.